The van der Waals surface area contributed by atoms with Gasteiger partial charge in [-0.15, -0.1) is 11.3 Å². The van der Waals surface area contributed by atoms with Gasteiger partial charge >= 0.3 is 0 Å². The van der Waals surface area contributed by atoms with Crippen molar-refractivity contribution in [2.45, 2.75) is 0 Å². The second-order valence-electron chi connectivity index (χ2n) is 10.7. The summed E-state index contributed by atoms with van der Waals surface area (Å²) in [5.41, 5.74) is 9.72. The first kappa shape index (κ1) is 22.7. The van der Waals surface area contributed by atoms with Crippen LogP contribution in [0.15, 0.2) is 144 Å². The highest BCUT2D eigenvalue weighted by Gasteiger charge is 2.16. The Labute approximate surface area is 240 Å². The maximum atomic E-state index is 2.42. The summed E-state index contributed by atoms with van der Waals surface area (Å²) in [4.78, 5) is 0. The maximum Gasteiger partial charge on any atom is 0.0648 e. The van der Waals surface area contributed by atoms with Crippen molar-refractivity contribution in [2.75, 3.05) is 0 Å². The number of para-hydroxylation sites is 2. The summed E-state index contributed by atoms with van der Waals surface area (Å²) >= 11 is 1.77. The summed E-state index contributed by atoms with van der Waals surface area (Å²) in [5, 5.41) is 12.4. The van der Waals surface area contributed by atoms with Gasteiger partial charge in [0, 0.05) is 43.7 Å². The Morgan fingerprint density at radius 3 is 1.66 bits per heavy atom. The van der Waals surface area contributed by atoms with Crippen LogP contribution in [0.1, 0.15) is 0 Å². The monoisotopic (exact) mass is 540 g/mol. The van der Waals surface area contributed by atoms with Crippen molar-refractivity contribution in [3.8, 4) is 22.5 Å². The molecule has 6 aromatic carbocycles. The molecule has 192 valence electrons. The van der Waals surface area contributed by atoms with E-state index >= 15 is 0 Å². The van der Waals surface area contributed by atoms with Gasteiger partial charge in [-0.3, -0.25) is 0 Å². The number of benzene rings is 6. The summed E-state index contributed by atoms with van der Waals surface area (Å²) in [6.45, 7) is 0. The third-order valence-corrected chi connectivity index (χ3v) is 9.15. The molecule has 0 N–H and O–H groups in total. The van der Waals surface area contributed by atoms with Crippen molar-refractivity contribution < 1.29 is 0 Å². The van der Waals surface area contributed by atoms with E-state index < -0.39 is 0 Å². The molecule has 2 nitrogen and oxygen atoms in total. The van der Waals surface area contributed by atoms with E-state index in [2.05, 4.69) is 153 Å². The summed E-state index contributed by atoms with van der Waals surface area (Å²) in [5.74, 6) is 0. The molecular weight excluding hydrogens is 516 g/mol. The summed E-state index contributed by atoms with van der Waals surface area (Å²) in [6, 6.07) is 48.5. The van der Waals surface area contributed by atoms with Crippen LogP contribution < -0.4 is 0 Å². The lowest BCUT2D eigenvalue weighted by Crippen LogP contribution is -1.95. The van der Waals surface area contributed by atoms with Crippen LogP contribution in [0.25, 0.3) is 76.9 Å². The molecular formula is C38H24N2S. The van der Waals surface area contributed by atoms with Gasteiger partial charge in [0.2, 0.25) is 0 Å². The summed E-state index contributed by atoms with van der Waals surface area (Å²) in [6.07, 6.45) is 0. The lowest BCUT2D eigenvalue weighted by atomic mass is 10.0. The van der Waals surface area contributed by atoms with Gasteiger partial charge in [-0.05, 0) is 64.4 Å². The molecule has 9 rings (SSSR count). The average molecular weight is 541 g/mol. The summed E-state index contributed by atoms with van der Waals surface area (Å²) < 4.78 is 4.81. The van der Waals surface area contributed by atoms with E-state index in [-0.39, 0.29) is 0 Å². The molecule has 3 heterocycles. The zero-order valence-corrected chi connectivity index (χ0v) is 23.0. The van der Waals surface area contributed by atoms with Crippen LogP contribution in [-0.4, -0.2) is 9.13 Å². The molecule has 0 saturated carbocycles. The van der Waals surface area contributed by atoms with Gasteiger partial charge in [-0.1, -0.05) is 91.0 Å². The molecule has 0 bridgehead atoms. The zero-order chi connectivity index (χ0) is 26.9. The summed E-state index contributed by atoms with van der Waals surface area (Å²) in [7, 11) is 0. The van der Waals surface area contributed by atoms with E-state index in [9.17, 15) is 0 Å². The molecule has 41 heavy (non-hydrogen) atoms. The number of thiophene rings is 1. The molecule has 9 aromatic rings. The zero-order valence-electron chi connectivity index (χ0n) is 22.2. The van der Waals surface area contributed by atoms with Crippen LogP contribution in [0.5, 0.6) is 0 Å². The van der Waals surface area contributed by atoms with Gasteiger partial charge in [-0.2, -0.15) is 0 Å². The normalized spacial score (nSPS) is 11.9. The first-order valence-corrected chi connectivity index (χ1v) is 14.9. The van der Waals surface area contributed by atoms with Crippen molar-refractivity contribution in [3.63, 3.8) is 0 Å². The van der Waals surface area contributed by atoms with Crippen LogP contribution in [0.4, 0.5) is 0 Å². The highest BCUT2D eigenvalue weighted by Crippen LogP contribution is 2.39. The minimum Gasteiger partial charge on any atom is -0.309 e. The number of aromatic nitrogens is 2. The predicted molar refractivity (Wildman–Crippen MR) is 176 cm³/mol. The molecule has 0 unspecified atom stereocenters. The Kier molecular flexibility index (Phi) is 4.80. The van der Waals surface area contributed by atoms with Crippen LogP contribution in [0.2, 0.25) is 0 Å². The molecule has 0 aliphatic carbocycles. The number of rotatable bonds is 3. The molecule has 3 heteroatoms. The van der Waals surface area contributed by atoms with Crippen molar-refractivity contribution in [2.24, 2.45) is 0 Å². The van der Waals surface area contributed by atoms with Gasteiger partial charge in [-0.25, -0.2) is 0 Å². The number of nitrogens with zero attached hydrogens (tertiary/aromatic N) is 2. The predicted octanol–water partition coefficient (Wildman–Crippen LogP) is 10.8. The fourth-order valence-corrected chi connectivity index (χ4v) is 7.44. The smallest absolute Gasteiger partial charge is 0.0648 e. The Balaban J connectivity index is 1.24. The van der Waals surface area contributed by atoms with Gasteiger partial charge < -0.3 is 9.13 Å². The number of hydrogen-bond acceptors (Lipinski definition) is 1. The van der Waals surface area contributed by atoms with Crippen LogP contribution in [0, 0.1) is 0 Å². The third kappa shape index (κ3) is 3.30. The van der Waals surface area contributed by atoms with E-state index in [1.54, 1.807) is 11.3 Å². The fourth-order valence-electron chi connectivity index (χ4n) is 6.64. The number of hydrogen-bond donors (Lipinski definition) is 0. The molecule has 0 fully saturated rings. The maximum absolute atomic E-state index is 2.42. The minimum absolute atomic E-state index is 1.17. The SMILES string of the molecule is c1cc(-c2cccc(-n3c4cscc4c4c5ccccc5ccc43)c2)cc(-n2c3ccccc3c3ccccc32)c1. The van der Waals surface area contributed by atoms with Crippen molar-refractivity contribution in [1.82, 2.24) is 9.13 Å². The Morgan fingerprint density at radius 1 is 0.390 bits per heavy atom. The average Bonchev–Trinajstić information content (AvgIpc) is 3.72. The van der Waals surface area contributed by atoms with Crippen molar-refractivity contribution in [3.05, 3.63) is 144 Å². The molecule has 0 amide bonds. The minimum atomic E-state index is 1.17. The lowest BCUT2D eigenvalue weighted by molar-refractivity contribution is 1.18. The van der Waals surface area contributed by atoms with Crippen LogP contribution in [0.3, 0.4) is 0 Å². The van der Waals surface area contributed by atoms with Gasteiger partial charge in [0.05, 0.1) is 22.1 Å². The molecule has 0 aliphatic rings. The largest absolute Gasteiger partial charge is 0.309 e. The highest BCUT2D eigenvalue weighted by atomic mass is 32.1. The van der Waals surface area contributed by atoms with E-state index in [4.69, 9.17) is 0 Å². The Bertz CT molecular complexity index is 2380. The van der Waals surface area contributed by atoms with E-state index in [1.165, 1.54) is 76.9 Å². The standard InChI is InChI=1S/C38H24N2S/c1-2-14-30-25(9-1)19-20-36-38(30)33-23-41-24-37(33)40(36)29-13-8-11-27(22-29)26-10-7-12-28(21-26)39-34-17-5-3-15-31(34)32-16-4-6-18-35(32)39/h1-24H. The first-order chi connectivity index (χ1) is 20.3. The molecule has 0 atom stereocenters. The van der Waals surface area contributed by atoms with Crippen molar-refractivity contribution in [1.29, 1.82) is 0 Å². The lowest BCUT2D eigenvalue weighted by Gasteiger charge is -2.12. The molecule has 0 radical (unpaired) electrons. The van der Waals surface area contributed by atoms with Gasteiger partial charge in [0.15, 0.2) is 0 Å². The van der Waals surface area contributed by atoms with E-state index in [0.717, 1.165) is 0 Å². The Hall–Kier alpha value is -5.12. The van der Waals surface area contributed by atoms with Gasteiger partial charge in [0.25, 0.3) is 0 Å². The number of fused-ring (bicyclic) bond motifs is 8. The Morgan fingerprint density at radius 2 is 0.976 bits per heavy atom. The first-order valence-electron chi connectivity index (χ1n) is 13.9. The highest BCUT2D eigenvalue weighted by molar-refractivity contribution is 7.09. The second-order valence-corrected chi connectivity index (χ2v) is 11.4. The van der Waals surface area contributed by atoms with Crippen molar-refractivity contribution >= 4 is 65.7 Å². The van der Waals surface area contributed by atoms with E-state index in [1.807, 2.05) is 0 Å². The van der Waals surface area contributed by atoms with Gasteiger partial charge in [0.1, 0.15) is 0 Å². The molecule has 0 saturated heterocycles. The third-order valence-electron chi connectivity index (χ3n) is 8.42. The van der Waals surface area contributed by atoms with Crippen LogP contribution in [-0.2, 0) is 0 Å². The topological polar surface area (TPSA) is 9.86 Å². The molecule has 0 spiro atoms. The van der Waals surface area contributed by atoms with E-state index in [0.29, 0.717) is 0 Å². The second kappa shape index (κ2) is 8.69. The quantitative estimate of drug-likeness (QED) is 0.211. The fraction of sp³-hybridized carbons (Fsp3) is 0. The van der Waals surface area contributed by atoms with Crippen LogP contribution >= 0.6 is 11.3 Å². The molecule has 3 aromatic heterocycles. The molecule has 0 aliphatic heterocycles.